The molecule has 0 saturated heterocycles. The first-order valence-corrected chi connectivity index (χ1v) is 7.62. The lowest BCUT2D eigenvalue weighted by atomic mass is 10.2. The molecule has 0 bridgehead atoms. The minimum atomic E-state index is -0.446. The summed E-state index contributed by atoms with van der Waals surface area (Å²) < 4.78 is 0. The Bertz CT molecular complexity index is 874. The van der Waals surface area contributed by atoms with Gasteiger partial charge in [-0.2, -0.15) is 5.10 Å². The second kappa shape index (κ2) is 6.53. The van der Waals surface area contributed by atoms with E-state index in [4.69, 9.17) is 0 Å². The topological polar surface area (TPSA) is 109 Å². The van der Waals surface area contributed by atoms with E-state index in [1.807, 2.05) is 18.2 Å². The van der Waals surface area contributed by atoms with Crippen LogP contribution in [-0.4, -0.2) is 26.6 Å². The van der Waals surface area contributed by atoms with Gasteiger partial charge in [0, 0.05) is 23.7 Å². The Kier molecular flexibility index (Phi) is 4.28. The number of aromatic nitrogens is 3. The van der Waals surface area contributed by atoms with Crippen LogP contribution in [0.2, 0.25) is 0 Å². The van der Waals surface area contributed by atoms with E-state index in [1.165, 1.54) is 6.07 Å². The average molecular weight is 326 g/mol. The highest BCUT2D eigenvalue weighted by Gasteiger charge is 2.16. The number of fused-ring (bicyclic) bond motifs is 1. The molecule has 0 radical (unpaired) electrons. The SMILES string of the molecule is CC(C)CNc1ccc([N+](=O)[O-])c(Nc2ccc3[nH]ncc3c2)n1. The van der Waals surface area contributed by atoms with E-state index in [2.05, 4.69) is 39.7 Å². The zero-order chi connectivity index (χ0) is 17.1. The summed E-state index contributed by atoms with van der Waals surface area (Å²) in [5, 5.41) is 25.2. The lowest BCUT2D eigenvalue weighted by Gasteiger charge is -2.11. The molecule has 2 aromatic heterocycles. The second-order valence-corrected chi connectivity index (χ2v) is 5.89. The highest BCUT2D eigenvalue weighted by Crippen LogP contribution is 2.28. The smallest absolute Gasteiger partial charge is 0.311 e. The van der Waals surface area contributed by atoms with E-state index in [9.17, 15) is 10.1 Å². The number of nitrogens with one attached hydrogen (secondary N) is 3. The van der Waals surface area contributed by atoms with Crippen LogP contribution in [0.1, 0.15) is 13.8 Å². The Morgan fingerprint density at radius 1 is 1.29 bits per heavy atom. The fourth-order valence-electron chi connectivity index (χ4n) is 2.26. The van der Waals surface area contributed by atoms with Crippen LogP contribution >= 0.6 is 0 Å². The van der Waals surface area contributed by atoms with E-state index in [0.29, 0.717) is 17.4 Å². The van der Waals surface area contributed by atoms with Crippen molar-refractivity contribution in [2.24, 2.45) is 5.92 Å². The molecule has 0 amide bonds. The monoisotopic (exact) mass is 326 g/mol. The molecule has 8 nitrogen and oxygen atoms in total. The molecule has 0 unspecified atom stereocenters. The highest BCUT2D eigenvalue weighted by molar-refractivity contribution is 5.83. The lowest BCUT2D eigenvalue weighted by molar-refractivity contribution is -0.384. The van der Waals surface area contributed by atoms with Gasteiger partial charge >= 0.3 is 5.69 Å². The first-order chi connectivity index (χ1) is 11.5. The third kappa shape index (κ3) is 3.43. The summed E-state index contributed by atoms with van der Waals surface area (Å²) in [5.74, 6) is 1.25. The summed E-state index contributed by atoms with van der Waals surface area (Å²) in [6, 6.07) is 8.61. The molecule has 3 rings (SSSR count). The fraction of sp³-hybridized carbons (Fsp3) is 0.250. The highest BCUT2D eigenvalue weighted by atomic mass is 16.6. The minimum Gasteiger partial charge on any atom is -0.370 e. The van der Waals surface area contributed by atoms with Gasteiger partial charge in [0.1, 0.15) is 5.82 Å². The predicted molar refractivity (Wildman–Crippen MR) is 93.6 cm³/mol. The maximum Gasteiger partial charge on any atom is 0.311 e. The predicted octanol–water partition coefficient (Wildman–Crippen LogP) is 3.68. The van der Waals surface area contributed by atoms with Crippen LogP contribution in [0.3, 0.4) is 0 Å². The number of H-pyrrole nitrogens is 1. The van der Waals surface area contributed by atoms with Gasteiger partial charge in [0.05, 0.1) is 16.6 Å². The molecule has 0 aliphatic rings. The van der Waals surface area contributed by atoms with E-state index < -0.39 is 4.92 Å². The van der Waals surface area contributed by atoms with E-state index >= 15 is 0 Å². The van der Waals surface area contributed by atoms with Crippen LogP contribution < -0.4 is 10.6 Å². The average Bonchev–Trinajstić information content (AvgIpc) is 3.00. The summed E-state index contributed by atoms with van der Waals surface area (Å²) in [4.78, 5) is 15.1. The number of nitro groups is 1. The zero-order valence-electron chi connectivity index (χ0n) is 13.4. The summed E-state index contributed by atoms with van der Waals surface area (Å²) in [6.07, 6.45) is 1.70. The van der Waals surface area contributed by atoms with Gasteiger partial charge in [-0.1, -0.05) is 13.8 Å². The third-order valence-corrected chi connectivity index (χ3v) is 3.47. The number of hydrogen-bond acceptors (Lipinski definition) is 6. The van der Waals surface area contributed by atoms with E-state index in [0.717, 1.165) is 17.4 Å². The molecule has 3 N–H and O–H groups in total. The molecule has 3 aromatic rings. The molecule has 0 aliphatic carbocycles. The van der Waals surface area contributed by atoms with Crippen LogP contribution in [0, 0.1) is 16.0 Å². The van der Waals surface area contributed by atoms with Gasteiger partial charge in [-0.15, -0.1) is 0 Å². The quantitative estimate of drug-likeness (QED) is 0.471. The number of pyridine rings is 1. The fourth-order valence-corrected chi connectivity index (χ4v) is 2.26. The van der Waals surface area contributed by atoms with Crippen molar-refractivity contribution < 1.29 is 4.92 Å². The number of nitrogens with zero attached hydrogens (tertiary/aromatic N) is 3. The normalized spacial score (nSPS) is 11.0. The maximum atomic E-state index is 11.3. The summed E-state index contributed by atoms with van der Waals surface area (Å²) in [6.45, 7) is 4.90. The Balaban J connectivity index is 1.91. The Labute approximate surface area is 138 Å². The van der Waals surface area contributed by atoms with Gasteiger partial charge in [-0.3, -0.25) is 15.2 Å². The van der Waals surface area contributed by atoms with Gasteiger partial charge in [-0.05, 0) is 30.2 Å². The number of anilines is 3. The lowest BCUT2D eigenvalue weighted by Crippen LogP contribution is -2.10. The van der Waals surface area contributed by atoms with Crippen molar-refractivity contribution in [1.29, 1.82) is 0 Å². The third-order valence-electron chi connectivity index (χ3n) is 3.47. The molecule has 0 aliphatic heterocycles. The largest absolute Gasteiger partial charge is 0.370 e. The van der Waals surface area contributed by atoms with Crippen molar-refractivity contribution in [3.8, 4) is 0 Å². The number of hydrogen-bond donors (Lipinski definition) is 3. The molecular formula is C16H18N6O2. The molecule has 0 atom stereocenters. The van der Waals surface area contributed by atoms with Crippen molar-refractivity contribution in [2.45, 2.75) is 13.8 Å². The van der Waals surface area contributed by atoms with Crippen molar-refractivity contribution in [3.05, 3.63) is 46.6 Å². The first kappa shape index (κ1) is 15.7. The summed E-state index contributed by atoms with van der Waals surface area (Å²) >= 11 is 0. The van der Waals surface area contributed by atoms with Gasteiger partial charge in [0.25, 0.3) is 0 Å². The molecule has 124 valence electrons. The number of aromatic amines is 1. The molecular weight excluding hydrogens is 308 g/mol. The van der Waals surface area contributed by atoms with Gasteiger partial charge in [0.15, 0.2) is 0 Å². The summed E-state index contributed by atoms with van der Waals surface area (Å²) in [5.41, 5.74) is 1.54. The van der Waals surface area contributed by atoms with Gasteiger partial charge in [0.2, 0.25) is 5.82 Å². The van der Waals surface area contributed by atoms with Crippen molar-refractivity contribution >= 4 is 33.9 Å². The van der Waals surface area contributed by atoms with Gasteiger partial charge in [-0.25, -0.2) is 4.98 Å². The van der Waals surface area contributed by atoms with E-state index in [1.54, 1.807) is 12.3 Å². The maximum absolute atomic E-state index is 11.3. The molecule has 1 aromatic carbocycles. The second-order valence-electron chi connectivity index (χ2n) is 5.89. The number of rotatable bonds is 6. The zero-order valence-corrected chi connectivity index (χ0v) is 13.4. The summed E-state index contributed by atoms with van der Waals surface area (Å²) in [7, 11) is 0. The van der Waals surface area contributed by atoms with E-state index in [-0.39, 0.29) is 11.5 Å². The Hall–Kier alpha value is -3.16. The van der Waals surface area contributed by atoms with Crippen LogP contribution in [-0.2, 0) is 0 Å². The molecule has 24 heavy (non-hydrogen) atoms. The van der Waals surface area contributed by atoms with Crippen LogP contribution in [0.4, 0.5) is 23.0 Å². The standard InChI is InChI=1S/C16H18N6O2/c1-10(2)8-17-15-6-5-14(22(23)24)16(20-15)19-12-3-4-13-11(7-12)9-18-21-13/h3-7,9-10H,8H2,1-2H3,(H,18,21)(H2,17,19,20). The van der Waals surface area contributed by atoms with Crippen molar-refractivity contribution in [3.63, 3.8) is 0 Å². The van der Waals surface area contributed by atoms with Gasteiger partial charge < -0.3 is 10.6 Å². The Morgan fingerprint density at radius 3 is 2.88 bits per heavy atom. The molecule has 0 fully saturated rings. The van der Waals surface area contributed by atoms with Crippen molar-refractivity contribution in [1.82, 2.24) is 15.2 Å². The van der Waals surface area contributed by atoms with Crippen molar-refractivity contribution in [2.75, 3.05) is 17.2 Å². The first-order valence-electron chi connectivity index (χ1n) is 7.62. The van der Waals surface area contributed by atoms with Crippen LogP contribution in [0.25, 0.3) is 10.9 Å². The molecule has 2 heterocycles. The molecule has 0 saturated carbocycles. The minimum absolute atomic E-state index is 0.0719. The van der Waals surface area contributed by atoms with Crippen LogP contribution in [0.15, 0.2) is 36.5 Å². The molecule has 0 spiro atoms. The Morgan fingerprint density at radius 2 is 2.12 bits per heavy atom. The number of benzene rings is 1. The molecule has 8 heteroatoms. The van der Waals surface area contributed by atoms with Crippen LogP contribution in [0.5, 0.6) is 0 Å².